The number of halogens is 1. The lowest BCUT2D eigenvalue weighted by Gasteiger charge is -2.20. The third-order valence-electron chi connectivity index (χ3n) is 2.94. The van der Waals surface area contributed by atoms with Gasteiger partial charge in [0, 0.05) is 6.54 Å². The average molecular weight is 260 g/mol. The number of ether oxygens (including phenoxy) is 1. The van der Waals surface area contributed by atoms with Gasteiger partial charge in [-0.25, -0.2) is 4.39 Å². The summed E-state index contributed by atoms with van der Waals surface area (Å²) >= 11 is 0. The first-order valence-corrected chi connectivity index (χ1v) is 6.09. The SMILES string of the molecule is COc1ccccc1NC(CN)c1ccc(F)cc1. The lowest BCUT2D eigenvalue weighted by Crippen LogP contribution is -2.20. The zero-order valence-electron chi connectivity index (χ0n) is 10.8. The third-order valence-corrected chi connectivity index (χ3v) is 2.94. The summed E-state index contributed by atoms with van der Waals surface area (Å²) < 4.78 is 18.2. The van der Waals surface area contributed by atoms with E-state index in [1.807, 2.05) is 24.3 Å². The topological polar surface area (TPSA) is 47.3 Å². The summed E-state index contributed by atoms with van der Waals surface area (Å²) in [5.41, 5.74) is 7.59. The monoisotopic (exact) mass is 260 g/mol. The highest BCUT2D eigenvalue weighted by Gasteiger charge is 2.11. The van der Waals surface area contributed by atoms with E-state index in [2.05, 4.69) is 5.32 Å². The highest BCUT2D eigenvalue weighted by atomic mass is 19.1. The molecule has 0 spiro atoms. The van der Waals surface area contributed by atoms with Crippen LogP contribution in [0.4, 0.5) is 10.1 Å². The molecule has 0 saturated heterocycles. The van der Waals surface area contributed by atoms with Crippen molar-refractivity contribution in [3.05, 3.63) is 59.9 Å². The van der Waals surface area contributed by atoms with Crippen LogP contribution < -0.4 is 15.8 Å². The second-order valence-corrected chi connectivity index (χ2v) is 4.18. The molecule has 3 N–H and O–H groups in total. The Kier molecular flexibility index (Phi) is 4.36. The molecule has 0 aliphatic rings. The van der Waals surface area contributed by atoms with Gasteiger partial charge in [0.05, 0.1) is 18.8 Å². The molecule has 0 aromatic heterocycles. The molecule has 3 nitrogen and oxygen atoms in total. The number of para-hydroxylation sites is 2. The summed E-state index contributed by atoms with van der Waals surface area (Å²) in [6.07, 6.45) is 0. The fourth-order valence-corrected chi connectivity index (χ4v) is 1.93. The summed E-state index contributed by atoms with van der Waals surface area (Å²) in [5.74, 6) is 0.500. The highest BCUT2D eigenvalue weighted by Crippen LogP contribution is 2.27. The van der Waals surface area contributed by atoms with E-state index in [1.54, 1.807) is 19.2 Å². The summed E-state index contributed by atoms with van der Waals surface area (Å²) in [6.45, 7) is 0.406. The second-order valence-electron chi connectivity index (χ2n) is 4.18. The summed E-state index contributed by atoms with van der Waals surface area (Å²) in [7, 11) is 1.62. The molecule has 0 aliphatic carbocycles. The van der Waals surface area contributed by atoms with Crippen LogP contribution in [0, 0.1) is 5.82 Å². The molecule has 0 bridgehead atoms. The maximum Gasteiger partial charge on any atom is 0.141 e. The largest absolute Gasteiger partial charge is 0.495 e. The average Bonchev–Trinajstić information content (AvgIpc) is 2.46. The van der Waals surface area contributed by atoms with E-state index in [1.165, 1.54) is 12.1 Å². The van der Waals surface area contributed by atoms with Crippen molar-refractivity contribution in [1.29, 1.82) is 0 Å². The van der Waals surface area contributed by atoms with Gasteiger partial charge >= 0.3 is 0 Å². The molecule has 0 amide bonds. The van der Waals surface area contributed by atoms with Crippen molar-refractivity contribution in [3.8, 4) is 5.75 Å². The molecule has 2 aromatic carbocycles. The Hall–Kier alpha value is -2.07. The standard InChI is InChI=1S/C15H17FN2O/c1-19-15-5-3-2-4-13(15)18-14(10-17)11-6-8-12(16)9-7-11/h2-9,14,18H,10,17H2,1H3. The molecule has 0 aliphatic heterocycles. The van der Waals surface area contributed by atoms with Gasteiger partial charge in [-0.15, -0.1) is 0 Å². The Morgan fingerprint density at radius 2 is 1.84 bits per heavy atom. The quantitative estimate of drug-likeness (QED) is 0.869. The van der Waals surface area contributed by atoms with Gasteiger partial charge in [0.25, 0.3) is 0 Å². The van der Waals surface area contributed by atoms with Crippen LogP contribution in [0.1, 0.15) is 11.6 Å². The minimum absolute atomic E-state index is 0.0862. The predicted molar refractivity (Wildman–Crippen MR) is 74.8 cm³/mol. The number of benzene rings is 2. The zero-order chi connectivity index (χ0) is 13.7. The van der Waals surface area contributed by atoms with Gasteiger partial charge in [0.2, 0.25) is 0 Å². The molecule has 4 heteroatoms. The van der Waals surface area contributed by atoms with Crippen molar-refractivity contribution in [2.24, 2.45) is 5.73 Å². The number of nitrogens with one attached hydrogen (secondary N) is 1. The number of rotatable bonds is 5. The fraction of sp³-hybridized carbons (Fsp3) is 0.200. The lowest BCUT2D eigenvalue weighted by atomic mass is 10.1. The number of hydrogen-bond acceptors (Lipinski definition) is 3. The van der Waals surface area contributed by atoms with Crippen LogP contribution in [0.2, 0.25) is 0 Å². The molecular weight excluding hydrogens is 243 g/mol. The number of hydrogen-bond donors (Lipinski definition) is 2. The Morgan fingerprint density at radius 1 is 1.16 bits per heavy atom. The molecular formula is C15H17FN2O. The fourth-order valence-electron chi connectivity index (χ4n) is 1.93. The van der Waals surface area contributed by atoms with Gasteiger partial charge in [0.15, 0.2) is 0 Å². The molecule has 19 heavy (non-hydrogen) atoms. The van der Waals surface area contributed by atoms with Crippen LogP contribution in [0.15, 0.2) is 48.5 Å². The first kappa shape index (κ1) is 13.4. The van der Waals surface area contributed by atoms with Crippen molar-refractivity contribution in [2.75, 3.05) is 19.0 Å². The van der Waals surface area contributed by atoms with E-state index in [4.69, 9.17) is 10.5 Å². The Balaban J connectivity index is 2.21. The maximum absolute atomic E-state index is 12.9. The summed E-state index contributed by atoms with van der Waals surface area (Å²) in [5, 5.41) is 3.31. The van der Waals surface area contributed by atoms with Crippen molar-refractivity contribution < 1.29 is 9.13 Å². The van der Waals surface area contributed by atoms with Crippen LogP contribution in [0.25, 0.3) is 0 Å². The van der Waals surface area contributed by atoms with Gasteiger partial charge in [-0.3, -0.25) is 0 Å². The van der Waals surface area contributed by atoms with Crippen molar-refractivity contribution >= 4 is 5.69 Å². The van der Waals surface area contributed by atoms with Gasteiger partial charge in [-0.1, -0.05) is 24.3 Å². The van der Waals surface area contributed by atoms with Gasteiger partial charge < -0.3 is 15.8 Å². The highest BCUT2D eigenvalue weighted by molar-refractivity contribution is 5.57. The zero-order valence-corrected chi connectivity index (χ0v) is 10.8. The van der Waals surface area contributed by atoms with Crippen LogP contribution in [0.5, 0.6) is 5.75 Å². The predicted octanol–water partition coefficient (Wildman–Crippen LogP) is 2.95. The van der Waals surface area contributed by atoms with E-state index in [9.17, 15) is 4.39 Å². The van der Waals surface area contributed by atoms with Crippen molar-refractivity contribution in [2.45, 2.75) is 6.04 Å². The summed E-state index contributed by atoms with van der Waals surface area (Å²) in [4.78, 5) is 0. The molecule has 100 valence electrons. The van der Waals surface area contributed by atoms with Crippen LogP contribution >= 0.6 is 0 Å². The third kappa shape index (κ3) is 3.23. The smallest absolute Gasteiger partial charge is 0.141 e. The van der Waals surface area contributed by atoms with Crippen LogP contribution in [-0.4, -0.2) is 13.7 Å². The van der Waals surface area contributed by atoms with Crippen molar-refractivity contribution in [3.63, 3.8) is 0 Å². The molecule has 0 saturated carbocycles. The molecule has 0 fully saturated rings. The number of nitrogens with two attached hydrogens (primary N) is 1. The first-order chi connectivity index (χ1) is 9.24. The molecule has 0 radical (unpaired) electrons. The van der Waals surface area contributed by atoms with E-state index < -0.39 is 0 Å². The minimum Gasteiger partial charge on any atom is -0.495 e. The molecule has 2 aromatic rings. The molecule has 2 rings (SSSR count). The minimum atomic E-state index is -0.253. The number of anilines is 1. The lowest BCUT2D eigenvalue weighted by molar-refractivity contribution is 0.416. The Labute approximate surface area is 112 Å². The summed E-state index contributed by atoms with van der Waals surface area (Å²) in [6, 6.07) is 13.9. The maximum atomic E-state index is 12.9. The van der Waals surface area contributed by atoms with Gasteiger partial charge in [0.1, 0.15) is 11.6 Å². The Bertz CT molecular complexity index is 528. The van der Waals surface area contributed by atoms with E-state index in [0.717, 1.165) is 17.0 Å². The van der Waals surface area contributed by atoms with E-state index >= 15 is 0 Å². The molecule has 1 atom stereocenters. The molecule has 0 heterocycles. The van der Waals surface area contributed by atoms with Gasteiger partial charge in [-0.05, 0) is 29.8 Å². The normalized spacial score (nSPS) is 11.9. The van der Waals surface area contributed by atoms with Crippen LogP contribution in [-0.2, 0) is 0 Å². The van der Waals surface area contributed by atoms with E-state index in [-0.39, 0.29) is 11.9 Å². The Morgan fingerprint density at radius 3 is 2.47 bits per heavy atom. The van der Waals surface area contributed by atoms with Gasteiger partial charge in [-0.2, -0.15) is 0 Å². The van der Waals surface area contributed by atoms with Crippen LogP contribution in [0.3, 0.4) is 0 Å². The second kappa shape index (κ2) is 6.20. The number of methoxy groups -OCH3 is 1. The van der Waals surface area contributed by atoms with Crippen molar-refractivity contribution in [1.82, 2.24) is 0 Å². The first-order valence-electron chi connectivity index (χ1n) is 6.09. The molecule has 1 unspecified atom stereocenters. The van der Waals surface area contributed by atoms with E-state index in [0.29, 0.717) is 6.54 Å².